The summed E-state index contributed by atoms with van der Waals surface area (Å²) in [6.45, 7) is 6.83. The number of aromatic amines is 1. The van der Waals surface area contributed by atoms with Gasteiger partial charge < -0.3 is 4.98 Å². The molecule has 1 atom stereocenters. The van der Waals surface area contributed by atoms with E-state index >= 15 is 0 Å². The molecule has 1 fully saturated rings. The highest BCUT2D eigenvalue weighted by Gasteiger charge is 2.38. The van der Waals surface area contributed by atoms with Crippen LogP contribution in [0.3, 0.4) is 0 Å². The lowest BCUT2D eigenvalue weighted by molar-refractivity contribution is 0.731. The topological polar surface area (TPSA) is 28.7 Å². The van der Waals surface area contributed by atoms with Crippen molar-refractivity contribution in [2.45, 2.75) is 51.4 Å². The first-order chi connectivity index (χ1) is 11.1. The van der Waals surface area contributed by atoms with Crippen molar-refractivity contribution in [3.63, 3.8) is 0 Å². The van der Waals surface area contributed by atoms with E-state index < -0.39 is 0 Å². The highest BCUT2D eigenvalue weighted by Crippen LogP contribution is 2.47. The second kappa shape index (κ2) is 5.23. The van der Waals surface area contributed by atoms with Crippen LogP contribution in [0.5, 0.6) is 0 Å². The van der Waals surface area contributed by atoms with Crippen LogP contribution in [0.15, 0.2) is 42.6 Å². The van der Waals surface area contributed by atoms with Crippen molar-refractivity contribution in [3.8, 4) is 11.3 Å². The molecule has 0 saturated heterocycles. The Kier molecular flexibility index (Phi) is 3.29. The van der Waals surface area contributed by atoms with E-state index in [2.05, 4.69) is 67.1 Å². The van der Waals surface area contributed by atoms with Gasteiger partial charge in [-0.25, -0.2) is 4.98 Å². The summed E-state index contributed by atoms with van der Waals surface area (Å²) < 4.78 is 0. The minimum Gasteiger partial charge on any atom is -0.339 e. The number of hydrogen-bond donors (Lipinski definition) is 1. The van der Waals surface area contributed by atoms with Gasteiger partial charge in [0.2, 0.25) is 0 Å². The molecule has 2 aromatic heterocycles. The van der Waals surface area contributed by atoms with Gasteiger partial charge in [0.25, 0.3) is 0 Å². The van der Waals surface area contributed by atoms with Crippen molar-refractivity contribution in [2.24, 2.45) is 0 Å². The Morgan fingerprint density at radius 3 is 2.57 bits per heavy atom. The Morgan fingerprint density at radius 1 is 1.17 bits per heavy atom. The summed E-state index contributed by atoms with van der Waals surface area (Å²) in [7, 11) is 0. The lowest BCUT2D eigenvalue weighted by Gasteiger charge is -2.08. The predicted octanol–water partition coefficient (Wildman–Crippen LogP) is 5.79. The molecule has 0 radical (unpaired) electrons. The first-order valence-corrected chi connectivity index (χ1v) is 8.69. The van der Waals surface area contributed by atoms with Gasteiger partial charge >= 0.3 is 0 Å². The van der Waals surface area contributed by atoms with E-state index in [1.54, 1.807) is 0 Å². The Bertz CT molecular complexity index is 838. The van der Waals surface area contributed by atoms with E-state index in [9.17, 15) is 0 Å². The van der Waals surface area contributed by atoms with Gasteiger partial charge in [-0.3, -0.25) is 0 Å². The predicted molar refractivity (Wildman–Crippen MR) is 96.8 cm³/mol. The van der Waals surface area contributed by atoms with Crippen molar-refractivity contribution < 1.29 is 0 Å². The van der Waals surface area contributed by atoms with Crippen LogP contribution in [0, 0.1) is 0 Å². The largest absolute Gasteiger partial charge is 0.339 e. The standard InChI is InChI=1S/C21H24N2/c1-4-14(2)17-11-16-12-19(23-20(16)22-13-17)15-5-7-18(8-6-15)21(3)9-10-21/h5-8,11-14H,4,9-10H2,1-3H3,(H,22,23). The maximum absolute atomic E-state index is 4.61. The van der Waals surface area contributed by atoms with E-state index in [0.717, 1.165) is 17.8 Å². The second-order valence-electron chi connectivity index (χ2n) is 7.34. The van der Waals surface area contributed by atoms with E-state index in [1.807, 2.05) is 6.20 Å². The van der Waals surface area contributed by atoms with Crippen LogP contribution in [0.25, 0.3) is 22.3 Å². The molecule has 3 aromatic rings. The first-order valence-electron chi connectivity index (χ1n) is 8.69. The molecular weight excluding hydrogens is 280 g/mol. The monoisotopic (exact) mass is 304 g/mol. The zero-order valence-electron chi connectivity index (χ0n) is 14.2. The minimum absolute atomic E-state index is 0.436. The summed E-state index contributed by atoms with van der Waals surface area (Å²) in [5.74, 6) is 0.559. The molecule has 1 aliphatic rings. The first kappa shape index (κ1) is 14.5. The van der Waals surface area contributed by atoms with Gasteiger partial charge in [0.05, 0.1) is 0 Å². The highest BCUT2D eigenvalue weighted by atomic mass is 14.9. The molecule has 2 nitrogen and oxygen atoms in total. The van der Waals surface area contributed by atoms with Crippen molar-refractivity contribution >= 4 is 11.0 Å². The summed E-state index contributed by atoms with van der Waals surface area (Å²) in [4.78, 5) is 8.07. The number of H-pyrrole nitrogens is 1. The molecule has 118 valence electrons. The number of hydrogen-bond acceptors (Lipinski definition) is 1. The number of nitrogens with zero attached hydrogens (tertiary/aromatic N) is 1. The van der Waals surface area contributed by atoms with E-state index in [4.69, 9.17) is 0 Å². The van der Waals surface area contributed by atoms with Gasteiger partial charge in [-0.1, -0.05) is 45.0 Å². The number of benzene rings is 1. The number of aromatic nitrogens is 2. The Hall–Kier alpha value is -2.09. The molecule has 1 aromatic carbocycles. The quantitative estimate of drug-likeness (QED) is 0.649. The molecule has 1 unspecified atom stereocenters. The van der Waals surface area contributed by atoms with Crippen LogP contribution in [0.2, 0.25) is 0 Å². The van der Waals surface area contributed by atoms with Crippen LogP contribution in [0.4, 0.5) is 0 Å². The lowest BCUT2D eigenvalue weighted by Crippen LogP contribution is -1.98. The smallest absolute Gasteiger partial charge is 0.137 e. The zero-order chi connectivity index (χ0) is 16.0. The molecule has 1 aliphatic carbocycles. The molecule has 2 heterocycles. The average molecular weight is 304 g/mol. The molecule has 0 aliphatic heterocycles. The number of pyridine rings is 1. The lowest BCUT2D eigenvalue weighted by atomic mass is 9.96. The molecular formula is C21H24N2. The summed E-state index contributed by atoms with van der Waals surface area (Å²) >= 11 is 0. The number of rotatable bonds is 4. The van der Waals surface area contributed by atoms with Crippen LogP contribution in [-0.2, 0) is 5.41 Å². The normalized spacial score (nSPS) is 17.3. The molecule has 0 spiro atoms. The third-order valence-electron chi connectivity index (χ3n) is 5.57. The minimum atomic E-state index is 0.436. The average Bonchev–Trinajstić information content (AvgIpc) is 3.19. The van der Waals surface area contributed by atoms with Gasteiger partial charge in [0.15, 0.2) is 0 Å². The van der Waals surface area contributed by atoms with Crippen molar-refractivity contribution in [3.05, 3.63) is 53.7 Å². The van der Waals surface area contributed by atoms with Crippen molar-refractivity contribution in [2.75, 3.05) is 0 Å². The SMILES string of the molecule is CCC(C)c1cnc2[nH]c(-c3ccc(C4(C)CC4)cc3)cc2c1. The Labute approximate surface area is 138 Å². The summed E-state index contributed by atoms with van der Waals surface area (Å²) in [6.07, 6.45) is 5.79. The maximum atomic E-state index is 4.61. The van der Waals surface area contributed by atoms with Crippen molar-refractivity contribution in [1.29, 1.82) is 0 Å². The van der Waals surface area contributed by atoms with Crippen LogP contribution in [0.1, 0.15) is 57.1 Å². The molecule has 2 heteroatoms. The fourth-order valence-electron chi connectivity index (χ4n) is 3.22. The summed E-state index contributed by atoms with van der Waals surface area (Å²) in [5, 5.41) is 1.20. The number of fused-ring (bicyclic) bond motifs is 1. The second-order valence-corrected chi connectivity index (χ2v) is 7.34. The molecule has 23 heavy (non-hydrogen) atoms. The maximum Gasteiger partial charge on any atom is 0.137 e. The van der Waals surface area contributed by atoms with Crippen LogP contribution in [-0.4, -0.2) is 9.97 Å². The van der Waals surface area contributed by atoms with E-state index in [1.165, 1.54) is 34.9 Å². The van der Waals surface area contributed by atoms with Crippen LogP contribution < -0.4 is 0 Å². The summed E-state index contributed by atoms with van der Waals surface area (Å²) in [6, 6.07) is 13.5. The molecule has 4 rings (SSSR count). The van der Waals surface area contributed by atoms with Gasteiger partial charge in [-0.15, -0.1) is 0 Å². The molecule has 0 amide bonds. The summed E-state index contributed by atoms with van der Waals surface area (Å²) in [5.41, 5.74) is 6.59. The van der Waals surface area contributed by atoms with Gasteiger partial charge in [0.1, 0.15) is 5.65 Å². The molecule has 1 N–H and O–H groups in total. The van der Waals surface area contributed by atoms with E-state index in [0.29, 0.717) is 11.3 Å². The molecule has 0 bridgehead atoms. The van der Waals surface area contributed by atoms with Crippen LogP contribution >= 0.6 is 0 Å². The fourth-order valence-corrected chi connectivity index (χ4v) is 3.22. The van der Waals surface area contributed by atoms with Gasteiger partial charge in [0, 0.05) is 17.3 Å². The number of nitrogens with one attached hydrogen (secondary N) is 1. The van der Waals surface area contributed by atoms with Crippen molar-refractivity contribution in [1.82, 2.24) is 9.97 Å². The van der Waals surface area contributed by atoms with E-state index in [-0.39, 0.29) is 0 Å². The third kappa shape index (κ3) is 2.56. The third-order valence-corrected chi connectivity index (χ3v) is 5.57. The van der Waals surface area contributed by atoms with Gasteiger partial charge in [-0.2, -0.15) is 0 Å². The Morgan fingerprint density at radius 2 is 1.91 bits per heavy atom. The molecule has 1 saturated carbocycles. The van der Waals surface area contributed by atoms with Gasteiger partial charge in [-0.05, 0) is 59.4 Å². The highest BCUT2D eigenvalue weighted by molar-refractivity contribution is 5.83. The Balaban J connectivity index is 1.68. The fraction of sp³-hybridized carbons (Fsp3) is 0.381. The zero-order valence-corrected chi connectivity index (χ0v) is 14.2.